The second-order valence-corrected chi connectivity index (χ2v) is 6.42. The largest absolute Gasteiger partial charge is 0.497 e. The lowest BCUT2D eigenvalue weighted by molar-refractivity contribution is -0.151. The van der Waals surface area contributed by atoms with Gasteiger partial charge in [-0.15, -0.1) is 11.6 Å². The van der Waals surface area contributed by atoms with Crippen LogP contribution in [0.5, 0.6) is 5.75 Å². The molecule has 1 rings (SSSR count). The van der Waals surface area contributed by atoms with E-state index in [4.69, 9.17) is 25.8 Å². The molecule has 6 heteroatoms. The van der Waals surface area contributed by atoms with Crippen molar-refractivity contribution in [2.75, 3.05) is 19.6 Å². The van der Waals surface area contributed by atoms with Crippen molar-refractivity contribution in [3.63, 3.8) is 0 Å². The van der Waals surface area contributed by atoms with Crippen LogP contribution in [0.4, 0.5) is 0 Å². The number of carbonyl (C=O) groups excluding carboxylic acids is 2. The summed E-state index contributed by atoms with van der Waals surface area (Å²) in [7, 11) is 1.59. The molecule has 0 unspecified atom stereocenters. The lowest BCUT2D eigenvalue weighted by atomic mass is 10.1. The van der Waals surface area contributed by atoms with Crippen LogP contribution in [0.3, 0.4) is 0 Å². The third-order valence-electron chi connectivity index (χ3n) is 3.88. The van der Waals surface area contributed by atoms with Crippen molar-refractivity contribution in [1.29, 1.82) is 0 Å². The van der Waals surface area contributed by atoms with Gasteiger partial charge in [0.1, 0.15) is 12.4 Å². The summed E-state index contributed by atoms with van der Waals surface area (Å²) in [5, 5.41) is 0. The third-order valence-corrected chi connectivity index (χ3v) is 4.15. The van der Waals surface area contributed by atoms with Crippen molar-refractivity contribution in [1.82, 2.24) is 0 Å². The first-order valence-corrected chi connectivity index (χ1v) is 9.69. The summed E-state index contributed by atoms with van der Waals surface area (Å²) < 4.78 is 15.3. The van der Waals surface area contributed by atoms with Crippen LogP contribution in [0.15, 0.2) is 24.3 Å². The number of ether oxygens (including phenoxy) is 3. The van der Waals surface area contributed by atoms with Gasteiger partial charge in [-0.2, -0.15) is 0 Å². The molecule has 1 aromatic rings. The van der Waals surface area contributed by atoms with Crippen molar-refractivity contribution in [2.45, 2.75) is 58.0 Å². The minimum Gasteiger partial charge on any atom is -0.497 e. The molecule has 0 fully saturated rings. The van der Waals surface area contributed by atoms with Crippen molar-refractivity contribution in [2.24, 2.45) is 0 Å². The summed E-state index contributed by atoms with van der Waals surface area (Å²) in [6, 6.07) is 7.27. The van der Waals surface area contributed by atoms with Crippen LogP contribution >= 0.6 is 11.6 Å². The van der Waals surface area contributed by atoms with E-state index in [9.17, 15) is 9.59 Å². The molecule has 0 N–H and O–H groups in total. The molecule has 0 aliphatic rings. The van der Waals surface area contributed by atoms with Gasteiger partial charge in [0.15, 0.2) is 0 Å². The van der Waals surface area contributed by atoms with Gasteiger partial charge in [0.2, 0.25) is 0 Å². The lowest BCUT2D eigenvalue weighted by Crippen LogP contribution is -2.11. The minimum atomic E-state index is -0.406. The highest BCUT2D eigenvalue weighted by atomic mass is 35.5. The van der Waals surface area contributed by atoms with E-state index in [0.29, 0.717) is 6.61 Å². The van der Waals surface area contributed by atoms with Crippen molar-refractivity contribution >= 4 is 23.5 Å². The number of unbranched alkanes of at least 4 members (excludes halogenated alkanes) is 5. The van der Waals surface area contributed by atoms with Crippen LogP contribution in [0.2, 0.25) is 0 Å². The number of carbonyl (C=O) groups is 2. The van der Waals surface area contributed by atoms with Gasteiger partial charge in [0, 0.05) is 5.88 Å². The second kappa shape index (κ2) is 14.4. The smallest absolute Gasteiger partial charge is 0.306 e. The number of halogens is 1. The number of methoxy groups -OCH3 is 1. The third kappa shape index (κ3) is 11.0. The Morgan fingerprint density at radius 3 is 2.04 bits per heavy atom. The Morgan fingerprint density at radius 1 is 0.846 bits per heavy atom. The zero-order valence-corrected chi connectivity index (χ0v) is 16.3. The Bertz CT molecular complexity index is 515. The number of alkyl halides is 1. The van der Waals surface area contributed by atoms with Gasteiger partial charge in [0.25, 0.3) is 0 Å². The predicted octanol–water partition coefficient (Wildman–Crippen LogP) is 4.64. The van der Waals surface area contributed by atoms with Gasteiger partial charge < -0.3 is 14.2 Å². The van der Waals surface area contributed by atoms with Crippen LogP contribution < -0.4 is 4.74 Å². The molecule has 0 saturated carbocycles. The molecule has 0 spiro atoms. The Morgan fingerprint density at radius 2 is 1.42 bits per heavy atom. The first-order chi connectivity index (χ1) is 12.7. The standard InChI is InChI=1S/C20H29ClO5/c1-24-18-10-8-17(9-11-18)16-26-20(23)13-12-19(22)25-15-7-5-3-2-4-6-14-21/h8-11H,2-7,12-16H2,1H3. The van der Waals surface area contributed by atoms with Crippen LogP contribution in [0.25, 0.3) is 0 Å². The van der Waals surface area contributed by atoms with Gasteiger partial charge >= 0.3 is 11.9 Å². The first-order valence-electron chi connectivity index (χ1n) is 9.16. The average Bonchev–Trinajstić information content (AvgIpc) is 2.67. The lowest BCUT2D eigenvalue weighted by Gasteiger charge is -2.07. The average molecular weight is 385 g/mol. The molecule has 0 aromatic heterocycles. The summed E-state index contributed by atoms with van der Waals surface area (Å²) in [5.41, 5.74) is 0.868. The molecule has 0 aliphatic carbocycles. The quantitative estimate of drug-likeness (QED) is 0.265. The van der Waals surface area contributed by atoms with Crippen LogP contribution in [0.1, 0.15) is 56.9 Å². The SMILES string of the molecule is COc1ccc(COC(=O)CCC(=O)OCCCCCCCCCl)cc1. The number of esters is 2. The summed E-state index contributed by atoms with van der Waals surface area (Å²) >= 11 is 5.62. The van der Waals surface area contributed by atoms with E-state index in [-0.39, 0.29) is 25.4 Å². The number of hydrogen-bond acceptors (Lipinski definition) is 5. The van der Waals surface area contributed by atoms with E-state index in [1.807, 2.05) is 12.1 Å². The Kier molecular flexibility index (Phi) is 12.4. The molecule has 0 heterocycles. The molecule has 26 heavy (non-hydrogen) atoms. The summed E-state index contributed by atoms with van der Waals surface area (Å²) in [4.78, 5) is 23.3. The topological polar surface area (TPSA) is 61.8 Å². The number of benzene rings is 1. The van der Waals surface area contributed by atoms with Crippen molar-refractivity contribution in [3.05, 3.63) is 29.8 Å². The molecule has 0 saturated heterocycles. The van der Waals surface area contributed by atoms with Crippen LogP contribution in [0, 0.1) is 0 Å². The van der Waals surface area contributed by atoms with Crippen LogP contribution in [-0.4, -0.2) is 31.5 Å². The van der Waals surface area contributed by atoms with Gasteiger partial charge in [-0.25, -0.2) is 0 Å². The monoisotopic (exact) mass is 384 g/mol. The van der Waals surface area contributed by atoms with E-state index < -0.39 is 5.97 Å². The molecule has 0 bridgehead atoms. The van der Waals surface area contributed by atoms with Gasteiger partial charge in [-0.3, -0.25) is 9.59 Å². The number of hydrogen-bond donors (Lipinski definition) is 0. The Labute approximate surface area is 161 Å². The molecular formula is C20H29ClO5. The molecule has 1 aromatic carbocycles. The molecule has 0 atom stereocenters. The van der Waals surface area contributed by atoms with E-state index in [2.05, 4.69) is 0 Å². The van der Waals surface area contributed by atoms with Crippen molar-refractivity contribution in [3.8, 4) is 5.75 Å². The fourth-order valence-corrected chi connectivity index (χ4v) is 2.51. The highest BCUT2D eigenvalue weighted by Gasteiger charge is 2.09. The molecule has 5 nitrogen and oxygen atoms in total. The number of rotatable bonds is 14. The molecular weight excluding hydrogens is 356 g/mol. The van der Waals surface area contributed by atoms with Crippen molar-refractivity contribution < 1.29 is 23.8 Å². The molecule has 0 aliphatic heterocycles. The second-order valence-electron chi connectivity index (χ2n) is 6.04. The highest BCUT2D eigenvalue weighted by Crippen LogP contribution is 2.12. The summed E-state index contributed by atoms with van der Waals surface area (Å²) in [5.74, 6) is 0.712. The van der Waals surface area contributed by atoms with E-state index in [0.717, 1.165) is 49.3 Å². The van der Waals surface area contributed by atoms with Gasteiger partial charge in [0.05, 0.1) is 26.6 Å². The Hall–Kier alpha value is -1.75. The molecule has 0 amide bonds. The zero-order chi connectivity index (χ0) is 19.0. The highest BCUT2D eigenvalue weighted by molar-refractivity contribution is 6.17. The summed E-state index contributed by atoms with van der Waals surface area (Å²) in [6.45, 7) is 0.594. The fraction of sp³-hybridized carbons (Fsp3) is 0.600. The van der Waals surface area contributed by atoms with E-state index in [1.165, 1.54) is 6.42 Å². The maximum Gasteiger partial charge on any atom is 0.306 e. The normalized spacial score (nSPS) is 10.4. The zero-order valence-electron chi connectivity index (χ0n) is 15.5. The Balaban J connectivity index is 2.02. The van der Waals surface area contributed by atoms with Gasteiger partial charge in [-0.1, -0.05) is 37.8 Å². The molecule has 146 valence electrons. The van der Waals surface area contributed by atoms with E-state index in [1.54, 1.807) is 19.2 Å². The van der Waals surface area contributed by atoms with Gasteiger partial charge in [-0.05, 0) is 30.5 Å². The maximum atomic E-state index is 11.7. The summed E-state index contributed by atoms with van der Waals surface area (Å²) in [6.07, 6.45) is 6.50. The molecule has 0 radical (unpaired) electrons. The van der Waals surface area contributed by atoms with E-state index >= 15 is 0 Å². The predicted molar refractivity (Wildman–Crippen MR) is 101 cm³/mol. The fourth-order valence-electron chi connectivity index (χ4n) is 2.32. The van der Waals surface area contributed by atoms with Crippen LogP contribution in [-0.2, 0) is 25.7 Å². The first kappa shape index (κ1) is 22.3. The maximum absolute atomic E-state index is 11.7. The minimum absolute atomic E-state index is 0.0351.